The minimum Gasteiger partial charge on any atom is -0.481 e. The minimum atomic E-state index is -0.787. The molecular weight excluding hydrogens is 194 g/mol. The molecule has 0 spiro atoms. The van der Waals surface area contributed by atoms with Crippen LogP contribution >= 0.6 is 0 Å². The molecule has 0 aromatic rings. The van der Waals surface area contributed by atoms with E-state index in [0.29, 0.717) is 13.0 Å². The van der Waals surface area contributed by atoms with Crippen LogP contribution in [0.2, 0.25) is 0 Å². The molecule has 0 aromatic heterocycles. The molecule has 1 aliphatic heterocycles. The first-order valence-corrected chi connectivity index (χ1v) is 5.59. The van der Waals surface area contributed by atoms with Gasteiger partial charge >= 0.3 is 5.97 Å². The van der Waals surface area contributed by atoms with Crippen LogP contribution in [0, 0.1) is 5.92 Å². The van der Waals surface area contributed by atoms with E-state index in [-0.39, 0.29) is 18.2 Å². The van der Waals surface area contributed by atoms with Crippen LogP contribution in [0.1, 0.15) is 39.0 Å². The molecule has 1 heterocycles. The summed E-state index contributed by atoms with van der Waals surface area (Å²) < 4.78 is 0. The number of carboxylic acid groups (broad SMARTS) is 1. The van der Waals surface area contributed by atoms with Crippen LogP contribution in [0.5, 0.6) is 0 Å². The summed E-state index contributed by atoms with van der Waals surface area (Å²) in [4.78, 5) is 23.9. The van der Waals surface area contributed by atoms with Crippen molar-refractivity contribution in [2.75, 3.05) is 13.1 Å². The Kier molecular flexibility index (Phi) is 4.59. The van der Waals surface area contributed by atoms with Gasteiger partial charge in [-0.2, -0.15) is 0 Å². The van der Waals surface area contributed by atoms with Gasteiger partial charge in [0.2, 0.25) is 5.91 Å². The van der Waals surface area contributed by atoms with Crippen LogP contribution in [0.15, 0.2) is 0 Å². The number of nitrogens with zero attached hydrogens (tertiary/aromatic N) is 1. The van der Waals surface area contributed by atoms with Crippen molar-refractivity contribution in [1.82, 2.24) is 4.90 Å². The van der Waals surface area contributed by atoms with Crippen molar-refractivity contribution in [1.29, 1.82) is 0 Å². The lowest BCUT2D eigenvalue weighted by Crippen LogP contribution is -2.34. The smallest absolute Gasteiger partial charge is 0.303 e. The van der Waals surface area contributed by atoms with Crippen LogP contribution in [-0.2, 0) is 9.59 Å². The first kappa shape index (κ1) is 12.0. The number of carboxylic acids is 1. The zero-order valence-electron chi connectivity index (χ0n) is 9.24. The number of hydrogen-bond acceptors (Lipinski definition) is 2. The molecule has 15 heavy (non-hydrogen) atoms. The van der Waals surface area contributed by atoms with Gasteiger partial charge in [0.05, 0.1) is 0 Å². The average Bonchev–Trinajstić information content (AvgIpc) is 2.30. The predicted octanol–water partition coefficient (Wildman–Crippen LogP) is 1.50. The number of likely N-dealkylation sites (tertiary alicyclic amines) is 1. The topological polar surface area (TPSA) is 57.6 Å². The Labute approximate surface area is 90.3 Å². The van der Waals surface area contributed by atoms with Crippen LogP contribution in [0.25, 0.3) is 0 Å². The quantitative estimate of drug-likeness (QED) is 0.770. The van der Waals surface area contributed by atoms with Crippen molar-refractivity contribution in [3.63, 3.8) is 0 Å². The third-order valence-electron chi connectivity index (χ3n) is 2.73. The average molecular weight is 213 g/mol. The summed E-state index contributed by atoms with van der Waals surface area (Å²) in [5.41, 5.74) is 0. The maximum absolute atomic E-state index is 11.6. The Morgan fingerprint density at radius 3 is 2.87 bits per heavy atom. The first-order chi connectivity index (χ1) is 7.09. The van der Waals surface area contributed by atoms with E-state index < -0.39 is 5.97 Å². The van der Waals surface area contributed by atoms with Gasteiger partial charge in [-0.05, 0) is 18.8 Å². The lowest BCUT2D eigenvalue weighted by atomic mass is 10.1. The molecule has 4 heteroatoms. The highest BCUT2D eigenvalue weighted by Crippen LogP contribution is 2.14. The second-order valence-corrected chi connectivity index (χ2v) is 4.35. The van der Waals surface area contributed by atoms with E-state index in [2.05, 4.69) is 0 Å². The summed E-state index contributed by atoms with van der Waals surface area (Å²) in [6, 6.07) is 0. The Morgan fingerprint density at radius 2 is 2.20 bits per heavy atom. The molecule has 0 radical (unpaired) electrons. The largest absolute Gasteiger partial charge is 0.481 e. The molecule has 1 saturated heterocycles. The summed E-state index contributed by atoms with van der Waals surface area (Å²) in [5, 5.41) is 8.63. The summed E-state index contributed by atoms with van der Waals surface area (Å²) >= 11 is 0. The highest BCUT2D eigenvalue weighted by molar-refractivity contribution is 5.76. The Hall–Kier alpha value is -1.06. The highest BCUT2D eigenvalue weighted by atomic mass is 16.4. The van der Waals surface area contributed by atoms with Crippen molar-refractivity contribution in [2.45, 2.75) is 39.0 Å². The van der Waals surface area contributed by atoms with E-state index in [1.807, 2.05) is 11.8 Å². The SMILES string of the molecule is CC(CC(=O)O)CN1CCCCCC1=O. The molecule has 1 fully saturated rings. The summed E-state index contributed by atoms with van der Waals surface area (Å²) in [5.74, 6) is -0.556. The standard InChI is InChI=1S/C11H19NO3/c1-9(7-11(14)15)8-12-6-4-2-3-5-10(12)13/h9H,2-8H2,1H3,(H,14,15). The van der Waals surface area contributed by atoms with Crippen LogP contribution < -0.4 is 0 Å². The van der Waals surface area contributed by atoms with Crippen molar-refractivity contribution in [3.8, 4) is 0 Å². The maximum Gasteiger partial charge on any atom is 0.303 e. The van der Waals surface area contributed by atoms with Gasteiger partial charge in [0.15, 0.2) is 0 Å². The molecule has 1 rings (SSSR count). The normalized spacial score (nSPS) is 19.8. The Bertz CT molecular complexity index is 240. The summed E-state index contributed by atoms with van der Waals surface area (Å²) in [6.45, 7) is 3.26. The lowest BCUT2D eigenvalue weighted by Gasteiger charge is -2.23. The molecule has 1 N–H and O–H groups in total. The zero-order chi connectivity index (χ0) is 11.3. The Balaban J connectivity index is 2.40. The van der Waals surface area contributed by atoms with Gasteiger partial charge < -0.3 is 10.0 Å². The van der Waals surface area contributed by atoms with E-state index in [9.17, 15) is 9.59 Å². The van der Waals surface area contributed by atoms with E-state index in [4.69, 9.17) is 5.11 Å². The van der Waals surface area contributed by atoms with Gasteiger partial charge in [-0.3, -0.25) is 9.59 Å². The molecule has 0 saturated carbocycles. The molecule has 0 bridgehead atoms. The third kappa shape index (κ3) is 4.32. The van der Waals surface area contributed by atoms with Crippen molar-refractivity contribution in [2.24, 2.45) is 5.92 Å². The highest BCUT2D eigenvalue weighted by Gasteiger charge is 2.19. The van der Waals surface area contributed by atoms with Crippen LogP contribution in [-0.4, -0.2) is 35.0 Å². The maximum atomic E-state index is 11.6. The van der Waals surface area contributed by atoms with Crippen molar-refractivity contribution in [3.05, 3.63) is 0 Å². The number of carbonyl (C=O) groups is 2. The molecule has 4 nitrogen and oxygen atoms in total. The van der Waals surface area contributed by atoms with Gasteiger partial charge in [0, 0.05) is 25.9 Å². The van der Waals surface area contributed by atoms with Gasteiger partial charge in [0.1, 0.15) is 0 Å². The monoisotopic (exact) mass is 213 g/mol. The molecule has 86 valence electrons. The van der Waals surface area contributed by atoms with Crippen LogP contribution in [0.3, 0.4) is 0 Å². The zero-order valence-corrected chi connectivity index (χ0v) is 9.24. The number of hydrogen-bond donors (Lipinski definition) is 1. The van der Waals surface area contributed by atoms with E-state index in [1.165, 1.54) is 0 Å². The second-order valence-electron chi connectivity index (χ2n) is 4.35. The fourth-order valence-corrected chi connectivity index (χ4v) is 1.97. The molecule has 0 aliphatic carbocycles. The second kappa shape index (κ2) is 5.73. The summed E-state index contributed by atoms with van der Waals surface area (Å²) in [6.07, 6.45) is 3.90. The molecule has 1 aliphatic rings. The van der Waals surface area contributed by atoms with E-state index in [1.54, 1.807) is 0 Å². The number of carbonyl (C=O) groups excluding carboxylic acids is 1. The fourth-order valence-electron chi connectivity index (χ4n) is 1.97. The molecule has 1 atom stereocenters. The third-order valence-corrected chi connectivity index (χ3v) is 2.73. The van der Waals surface area contributed by atoms with Crippen molar-refractivity contribution < 1.29 is 14.7 Å². The number of rotatable bonds is 4. The van der Waals surface area contributed by atoms with Gasteiger partial charge in [-0.1, -0.05) is 13.3 Å². The van der Waals surface area contributed by atoms with Gasteiger partial charge in [-0.25, -0.2) is 0 Å². The first-order valence-electron chi connectivity index (χ1n) is 5.59. The molecule has 1 amide bonds. The van der Waals surface area contributed by atoms with Gasteiger partial charge in [-0.15, -0.1) is 0 Å². The lowest BCUT2D eigenvalue weighted by molar-refractivity contribution is -0.139. The Morgan fingerprint density at radius 1 is 1.47 bits per heavy atom. The van der Waals surface area contributed by atoms with E-state index >= 15 is 0 Å². The van der Waals surface area contributed by atoms with Crippen LogP contribution in [0.4, 0.5) is 0 Å². The molecule has 0 aromatic carbocycles. The molecular formula is C11H19NO3. The van der Waals surface area contributed by atoms with E-state index in [0.717, 1.165) is 25.8 Å². The summed E-state index contributed by atoms with van der Waals surface area (Å²) in [7, 11) is 0. The number of amides is 1. The minimum absolute atomic E-state index is 0.0459. The van der Waals surface area contributed by atoms with Gasteiger partial charge in [0.25, 0.3) is 0 Å². The number of aliphatic carboxylic acids is 1. The predicted molar refractivity (Wildman–Crippen MR) is 56.5 cm³/mol. The fraction of sp³-hybridized carbons (Fsp3) is 0.818. The molecule has 1 unspecified atom stereocenters. The van der Waals surface area contributed by atoms with Crippen molar-refractivity contribution >= 4 is 11.9 Å².